The van der Waals surface area contributed by atoms with E-state index in [1.54, 1.807) is 6.92 Å². The predicted molar refractivity (Wildman–Crippen MR) is 136 cm³/mol. The summed E-state index contributed by atoms with van der Waals surface area (Å²) in [5.41, 5.74) is 3.21. The van der Waals surface area contributed by atoms with Gasteiger partial charge in [0.2, 0.25) is 11.8 Å². The van der Waals surface area contributed by atoms with Gasteiger partial charge in [0, 0.05) is 44.3 Å². The standard InChI is InChI=1S/C27H44N4O4/c1-5-35-27(34)25-19(2)23(20(3)29-25)13-14-24(32)31-16-9-10-21(18-31)26(33)28-15-17-30(4)22-11-7-6-8-12-22/h21-22,29H,5-18H2,1-4H3,(H,28,33)/t21-/m0/s1. The van der Waals surface area contributed by atoms with E-state index < -0.39 is 0 Å². The first-order chi connectivity index (χ1) is 16.8. The van der Waals surface area contributed by atoms with Crippen molar-refractivity contribution in [3.8, 4) is 0 Å². The molecule has 8 heteroatoms. The van der Waals surface area contributed by atoms with Crippen molar-refractivity contribution in [3.05, 3.63) is 22.5 Å². The quantitative estimate of drug-likeness (QED) is 0.493. The molecular formula is C27H44N4O4. The lowest BCUT2D eigenvalue weighted by molar-refractivity contribution is -0.135. The number of aromatic amines is 1. The summed E-state index contributed by atoms with van der Waals surface area (Å²) in [6.07, 6.45) is 9.08. The summed E-state index contributed by atoms with van der Waals surface area (Å²) in [6.45, 7) is 8.63. The summed E-state index contributed by atoms with van der Waals surface area (Å²) in [5, 5.41) is 3.11. The zero-order valence-corrected chi connectivity index (χ0v) is 22.1. The summed E-state index contributed by atoms with van der Waals surface area (Å²) >= 11 is 0. The molecular weight excluding hydrogens is 444 g/mol. The highest BCUT2D eigenvalue weighted by atomic mass is 16.5. The van der Waals surface area contributed by atoms with E-state index in [1.807, 2.05) is 18.7 Å². The van der Waals surface area contributed by atoms with Gasteiger partial charge in [0.1, 0.15) is 5.69 Å². The first kappa shape index (κ1) is 27.2. The van der Waals surface area contributed by atoms with Gasteiger partial charge in [0.25, 0.3) is 0 Å². The molecule has 1 aromatic heterocycles. The summed E-state index contributed by atoms with van der Waals surface area (Å²) in [6, 6.07) is 0.643. The van der Waals surface area contributed by atoms with Gasteiger partial charge in [-0.25, -0.2) is 4.79 Å². The Morgan fingerprint density at radius 3 is 2.57 bits per heavy atom. The second kappa shape index (κ2) is 13.1. The Labute approximate surface area is 210 Å². The van der Waals surface area contributed by atoms with Crippen LogP contribution in [0.25, 0.3) is 0 Å². The second-order valence-electron chi connectivity index (χ2n) is 10.2. The van der Waals surface area contributed by atoms with Crippen LogP contribution in [0.5, 0.6) is 0 Å². The molecule has 2 heterocycles. The van der Waals surface area contributed by atoms with Crippen molar-refractivity contribution in [2.45, 2.75) is 84.6 Å². The van der Waals surface area contributed by atoms with Crippen LogP contribution in [0.3, 0.4) is 0 Å². The lowest BCUT2D eigenvalue weighted by Gasteiger charge is -2.33. The number of amides is 2. The molecule has 2 aliphatic rings. The number of rotatable bonds is 10. The minimum absolute atomic E-state index is 0.0657. The van der Waals surface area contributed by atoms with E-state index in [1.165, 1.54) is 32.1 Å². The van der Waals surface area contributed by atoms with Gasteiger partial charge in [0.15, 0.2) is 0 Å². The maximum atomic E-state index is 13.0. The van der Waals surface area contributed by atoms with Crippen molar-refractivity contribution >= 4 is 17.8 Å². The lowest BCUT2D eigenvalue weighted by atomic mass is 9.94. The van der Waals surface area contributed by atoms with E-state index in [2.05, 4.69) is 22.2 Å². The fraction of sp³-hybridized carbons (Fsp3) is 0.741. The van der Waals surface area contributed by atoms with E-state index in [-0.39, 0.29) is 23.7 Å². The Kier molecular flexibility index (Phi) is 10.2. The van der Waals surface area contributed by atoms with Crippen LogP contribution in [0.1, 0.15) is 85.6 Å². The number of nitrogens with one attached hydrogen (secondary N) is 2. The Morgan fingerprint density at radius 2 is 1.86 bits per heavy atom. The number of nitrogens with zero attached hydrogens (tertiary/aromatic N) is 2. The van der Waals surface area contributed by atoms with Gasteiger partial charge >= 0.3 is 5.97 Å². The highest BCUT2D eigenvalue weighted by Crippen LogP contribution is 2.23. The average molecular weight is 489 g/mol. The van der Waals surface area contributed by atoms with Gasteiger partial charge < -0.3 is 24.8 Å². The van der Waals surface area contributed by atoms with E-state index in [4.69, 9.17) is 4.74 Å². The monoisotopic (exact) mass is 488 g/mol. The number of hydrogen-bond acceptors (Lipinski definition) is 5. The maximum Gasteiger partial charge on any atom is 0.355 e. The van der Waals surface area contributed by atoms with Crippen LogP contribution in [-0.2, 0) is 20.7 Å². The van der Waals surface area contributed by atoms with Gasteiger partial charge in [-0.1, -0.05) is 19.3 Å². The van der Waals surface area contributed by atoms with E-state index in [0.717, 1.165) is 36.2 Å². The molecule has 1 aromatic rings. The van der Waals surface area contributed by atoms with Crippen molar-refractivity contribution in [1.82, 2.24) is 20.1 Å². The first-order valence-electron chi connectivity index (χ1n) is 13.4. The summed E-state index contributed by atoms with van der Waals surface area (Å²) in [7, 11) is 2.16. The SMILES string of the molecule is CCOC(=O)c1[nH]c(C)c(CCC(=O)N2CCC[C@H](C(=O)NCCN(C)C3CCCCC3)C2)c1C. The smallest absolute Gasteiger partial charge is 0.355 e. The van der Waals surface area contributed by atoms with Crippen LogP contribution in [0.2, 0.25) is 0 Å². The normalized spacial score (nSPS) is 19.1. The molecule has 3 rings (SSSR count). The molecule has 1 saturated carbocycles. The second-order valence-corrected chi connectivity index (χ2v) is 10.2. The van der Waals surface area contributed by atoms with E-state index in [9.17, 15) is 14.4 Å². The van der Waals surface area contributed by atoms with Crippen molar-refractivity contribution in [1.29, 1.82) is 0 Å². The molecule has 0 unspecified atom stereocenters. The number of esters is 1. The highest BCUT2D eigenvalue weighted by Gasteiger charge is 2.29. The van der Waals surface area contributed by atoms with Gasteiger partial charge in [-0.15, -0.1) is 0 Å². The first-order valence-corrected chi connectivity index (χ1v) is 13.4. The lowest BCUT2D eigenvalue weighted by Crippen LogP contribution is -2.47. The van der Waals surface area contributed by atoms with Crippen LogP contribution in [0, 0.1) is 19.8 Å². The fourth-order valence-corrected chi connectivity index (χ4v) is 5.58. The fourth-order valence-electron chi connectivity index (χ4n) is 5.58. The molecule has 0 radical (unpaired) electrons. The molecule has 1 aliphatic heterocycles. The van der Waals surface area contributed by atoms with Gasteiger partial charge in [-0.2, -0.15) is 0 Å². The molecule has 1 saturated heterocycles. The summed E-state index contributed by atoms with van der Waals surface area (Å²) in [4.78, 5) is 45.2. The van der Waals surface area contributed by atoms with Crippen LogP contribution in [0.4, 0.5) is 0 Å². The molecule has 8 nitrogen and oxygen atoms in total. The molecule has 2 fully saturated rings. The zero-order valence-electron chi connectivity index (χ0n) is 22.1. The number of piperidine rings is 1. The number of hydrogen-bond donors (Lipinski definition) is 2. The van der Waals surface area contributed by atoms with Crippen LogP contribution < -0.4 is 5.32 Å². The van der Waals surface area contributed by atoms with Gasteiger partial charge in [-0.05, 0) is 71.0 Å². The number of carbonyl (C=O) groups is 3. The third-order valence-corrected chi connectivity index (χ3v) is 7.77. The zero-order chi connectivity index (χ0) is 25.4. The van der Waals surface area contributed by atoms with E-state index in [0.29, 0.717) is 50.8 Å². The molecule has 2 N–H and O–H groups in total. The maximum absolute atomic E-state index is 13.0. The number of H-pyrrole nitrogens is 1. The molecule has 2 amide bonds. The van der Waals surface area contributed by atoms with Crippen molar-refractivity contribution in [3.63, 3.8) is 0 Å². The van der Waals surface area contributed by atoms with Crippen LogP contribution >= 0.6 is 0 Å². The van der Waals surface area contributed by atoms with Crippen molar-refractivity contribution in [2.24, 2.45) is 5.92 Å². The third kappa shape index (κ3) is 7.32. The van der Waals surface area contributed by atoms with Gasteiger partial charge in [-0.3, -0.25) is 9.59 Å². The molecule has 1 aliphatic carbocycles. The molecule has 1 atom stereocenters. The number of ether oxygens (including phenoxy) is 1. The van der Waals surface area contributed by atoms with E-state index >= 15 is 0 Å². The van der Waals surface area contributed by atoms with Crippen LogP contribution in [-0.4, -0.2) is 78.4 Å². The molecule has 0 bridgehead atoms. The Hall–Kier alpha value is -2.35. The number of aromatic nitrogens is 1. The Morgan fingerprint density at radius 1 is 1.11 bits per heavy atom. The largest absolute Gasteiger partial charge is 0.461 e. The highest BCUT2D eigenvalue weighted by molar-refractivity contribution is 5.90. The van der Waals surface area contributed by atoms with Crippen molar-refractivity contribution in [2.75, 3.05) is 39.8 Å². The number of likely N-dealkylation sites (tertiary alicyclic amines) is 1. The minimum atomic E-state index is -0.361. The average Bonchev–Trinajstić information content (AvgIpc) is 3.16. The molecule has 196 valence electrons. The number of aryl methyl sites for hydroxylation is 1. The van der Waals surface area contributed by atoms with Crippen molar-refractivity contribution < 1.29 is 19.1 Å². The number of likely N-dealkylation sites (N-methyl/N-ethyl adjacent to an activating group) is 1. The third-order valence-electron chi connectivity index (χ3n) is 7.77. The van der Waals surface area contributed by atoms with Crippen LogP contribution in [0.15, 0.2) is 0 Å². The molecule has 35 heavy (non-hydrogen) atoms. The van der Waals surface area contributed by atoms with Gasteiger partial charge in [0.05, 0.1) is 12.5 Å². The summed E-state index contributed by atoms with van der Waals surface area (Å²) < 4.78 is 5.12. The molecule has 0 spiro atoms. The Bertz CT molecular complexity index is 875. The Balaban J connectivity index is 1.45. The number of carbonyl (C=O) groups excluding carboxylic acids is 3. The predicted octanol–water partition coefficient (Wildman–Crippen LogP) is 3.36. The molecule has 0 aromatic carbocycles. The summed E-state index contributed by atoms with van der Waals surface area (Å²) in [5.74, 6) is -0.368. The minimum Gasteiger partial charge on any atom is -0.461 e. The topological polar surface area (TPSA) is 94.7 Å².